The Balaban J connectivity index is 1.92. The van der Waals surface area contributed by atoms with Gasteiger partial charge in [-0.3, -0.25) is 0 Å². The third-order valence-electron chi connectivity index (χ3n) is 3.60. The topological polar surface area (TPSA) is 39.2 Å². The summed E-state index contributed by atoms with van der Waals surface area (Å²) in [5, 5.41) is 0.958. The van der Waals surface area contributed by atoms with Gasteiger partial charge in [0.25, 0.3) is 0 Å². The van der Waals surface area contributed by atoms with Crippen LogP contribution in [0.3, 0.4) is 0 Å². The van der Waals surface area contributed by atoms with Gasteiger partial charge in [0.2, 0.25) is 0 Å². The Bertz CT molecular complexity index is 795. The molecule has 21 heavy (non-hydrogen) atoms. The second-order valence-corrected chi connectivity index (χ2v) is 5.17. The molecule has 4 heteroatoms. The molecule has 0 fully saturated rings. The number of hydrogen-bond acceptors (Lipinski definition) is 2. The van der Waals surface area contributed by atoms with Crippen molar-refractivity contribution in [1.82, 2.24) is 0 Å². The van der Waals surface area contributed by atoms with E-state index in [1.807, 2.05) is 31.2 Å². The van der Waals surface area contributed by atoms with Crippen molar-refractivity contribution in [3.63, 3.8) is 0 Å². The van der Waals surface area contributed by atoms with E-state index in [2.05, 4.69) is 0 Å². The lowest BCUT2D eigenvalue weighted by Gasteiger charge is -2.09. The maximum atomic E-state index is 13.7. The second kappa shape index (κ2) is 5.30. The molecule has 1 heterocycles. The van der Waals surface area contributed by atoms with E-state index in [4.69, 9.17) is 10.2 Å². The maximum absolute atomic E-state index is 13.7. The molecule has 0 aliphatic rings. The molecule has 0 bridgehead atoms. The van der Waals surface area contributed by atoms with Crippen molar-refractivity contribution in [2.45, 2.75) is 19.4 Å². The predicted octanol–water partition coefficient (Wildman–Crippen LogP) is 4.26. The molecule has 0 aliphatic carbocycles. The van der Waals surface area contributed by atoms with Crippen molar-refractivity contribution in [3.8, 4) is 0 Å². The normalized spacial score (nSPS) is 12.8. The fourth-order valence-electron chi connectivity index (χ4n) is 2.46. The van der Waals surface area contributed by atoms with Crippen LogP contribution in [0.15, 0.2) is 46.9 Å². The molecule has 0 spiro atoms. The first kappa shape index (κ1) is 13.8. The zero-order valence-corrected chi connectivity index (χ0v) is 11.6. The molecule has 0 saturated carbocycles. The molecule has 0 saturated heterocycles. The molecule has 108 valence electrons. The lowest BCUT2D eigenvalue weighted by Crippen LogP contribution is -2.13. The largest absolute Gasteiger partial charge is 0.459 e. The molecule has 0 aliphatic heterocycles. The number of rotatable bonds is 3. The minimum atomic E-state index is -0.861. The van der Waals surface area contributed by atoms with Gasteiger partial charge in [0.05, 0.1) is 6.04 Å². The van der Waals surface area contributed by atoms with Gasteiger partial charge in [-0.05, 0) is 36.6 Å². The quantitative estimate of drug-likeness (QED) is 0.781. The Hall–Kier alpha value is -2.20. The van der Waals surface area contributed by atoms with Gasteiger partial charge in [0.15, 0.2) is 11.6 Å². The SMILES string of the molecule is Cc1cccc2cc(C(N)Cc3cccc(F)c3F)oc12. The number of benzene rings is 2. The van der Waals surface area contributed by atoms with E-state index in [0.717, 1.165) is 22.6 Å². The minimum Gasteiger partial charge on any atom is -0.459 e. The van der Waals surface area contributed by atoms with Gasteiger partial charge in [-0.2, -0.15) is 0 Å². The zero-order chi connectivity index (χ0) is 15.0. The molecule has 2 N–H and O–H groups in total. The Kier molecular flexibility index (Phi) is 3.47. The third kappa shape index (κ3) is 2.54. The van der Waals surface area contributed by atoms with Crippen molar-refractivity contribution in [2.24, 2.45) is 5.73 Å². The van der Waals surface area contributed by atoms with E-state index in [-0.39, 0.29) is 12.0 Å². The monoisotopic (exact) mass is 287 g/mol. The van der Waals surface area contributed by atoms with Crippen molar-refractivity contribution in [1.29, 1.82) is 0 Å². The van der Waals surface area contributed by atoms with Gasteiger partial charge in [-0.15, -0.1) is 0 Å². The number of aryl methyl sites for hydroxylation is 1. The summed E-state index contributed by atoms with van der Waals surface area (Å²) in [5.41, 5.74) is 8.12. The number of furan rings is 1. The van der Waals surface area contributed by atoms with Crippen molar-refractivity contribution < 1.29 is 13.2 Å². The smallest absolute Gasteiger partial charge is 0.162 e. The molecular weight excluding hydrogens is 272 g/mol. The summed E-state index contributed by atoms with van der Waals surface area (Å²) in [5.74, 6) is -1.14. The van der Waals surface area contributed by atoms with Gasteiger partial charge >= 0.3 is 0 Å². The number of para-hydroxylation sites is 1. The molecule has 2 nitrogen and oxygen atoms in total. The van der Waals surface area contributed by atoms with Gasteiger partial charge in [0, 0.05) is 5.39 Å². The van der Waals surface area contributed by atoms with Gasteiger partial charge in [-0.25, -0.2) is 8.78 Å². The van der Waals surface area contributed by atoms with Crippen LogP contribution in [0.5, 0.6) is 0 Å². The molecule has 2 aromatic carbocycles. The van der Waals surface area contributed by atoms with Gasteiger partial charge in [0.1, 0.15) is 11.3 Å². The van der Waals surface area contributed by atoms with Crippen LogP contribution in [-0.2, 0) is 6.42 Å². The zero-order valence-electron chi connectivity index (χ0n) is 11.6. The fourth-order valence-corrected chi connectivity index (χ4v) is 2.46. The van der Waals surface area contributed by atoms with Crippen LogP contribution in [0, 0.1) is 18.6 Å². The fraction of sp³-hybridized carbons (Fsp3) is 0.176. The molecule has 0 amide bonds. The average Bonchev–Trinajstić information content (AvgIpc) is 2.89. The van der Waals surface area contributed by atoms with Crippen LogP contribution >= 0.6 is 0 Å². The number of fused-ring (bicyclic) bond motifs is 1. The van der Waals surface area contributed by atoms with E-state index < -0.39 is 17.7 Å². The first-order chi connectivity index (χ1) is 10.1. The van der Waals surface area contributed by atoms with Crippen LogP contribution in [0.25, 0.3) is 11.0 Å². The summed E-state index contributed by atoms with van der Waals surface area (Å²) in [6, 6.07) is 11.3. The number of hydrogen-bond donors (Lipinski definition) is 1. The highest BCUT2D eigenvalue weighted by Gasteiger charge is 2.17. The van der Waals surface area contributed by atoms with Crippen molar-refractivity contribution in [3.05, 3.63) is 71.0 Å². The summed E-state index contributed by atoms with van der Waals surface area (Å²) in [4.78, 5) is 0. The first-order valence-electron chi connectivity index (χ1n) is 6.74. The summed E-state index contributed by atoms with van der Waals surface area (Å²) in [6.07, 6.45) is 0.183. The van der Waals surface area contributed by atoms with E-state index in [0.29, 0.717) is 5.76 Å². The van der Waals surface area contributed by atoms with E-state index in [1.165, 1.54) is 12.1 Å². The molecule has 0 radical (unpaired) electrons. The molecule has 3 aromatic rings. The van der Waals surface area contributed by atoms with Gasteiger partial charge in [-0.1, -0.05) is 30.3 Å². The van der Waals surface area contributed by atoms with Crippen LogP contribution < -0.4 is 5.73 Å². The molecule has 1 aromatic heterocycles. The van der Waals surface area contributed by atoms with E-state index >= 15 is 0 Å². The highest BCUT2D eigenvalue weighted by molar-refractivity contribution is 5.81. The van der Waals surface area contributed by atoms with Crippen molar-refractivity contribution in [2.75, 3.05) is 0 Å². The summed E-state index contributed by atoms with van der Waals surface area (Å²) < 4.78 is 32.7. The van der Waals surface area contributed by atoms with Crippen LogP contribution in [0.1, 0.15) is 22.9 Å². The molecule has 1 atom stereocenters. The minimum absolute atomic E-state index is 0.183. The molecule has 3 rings (SSSR count). The molecule has 1 unspecified atom stereocenters. The molecular formula is C17H15F2NO. The van der Waals surface area contributed by atoms with Gasteiger partial charge < -0.3 is 10.2 Å². The van der Waals surface area contributed by atoms with Crippen molar-refractivity contribution >= 4 is 11.0 Å². The lowest BCUT2D eigenvalue weighted by molar-refractivity contribution is 0.470. The van der Waals surface area contributed by atoms with Crippen LogP contribution in [0.2, 0.25) is 0 Å². The summed E-state index contributed by atoms with van der Waals surface area (Å²) in [7, 11) is 0. The Morgan fingerprint density at radius 1 is 1.14 bits per heavy atom. The highest BCUT2D eigenvalue weighted by atomic mass is 19.2. The Morgan fingerprint density at radius 2 is 1.90 bits per heavy atom. The van der Waals surface area contributed by atoms with E-state index in [1.54, 1.807) is 0 Å². The highest BCUT2D eigenvalue weighted by Crippen LogP contribution is 2.27. The second-order valence-electron chi connectivity index (χ2n) is 5.17. The average molecular weight is 287 g/mol. The lowest BCUT2D eigenvalue weighted by atomic mass is 10.0. The number of nitrogens with two attached hydrogens (primary N) is 1. The van der Waals surface area contributed by atoms with E-state index in [9.17, 15) is 8.78 Å². The van der Waals surface area contributed by atoms with Crippen LogP contribution in [-0.4, -0.2) is 0 Å². The Labute approximate surface area is 121 Å². The first-order valence-corrected chi connectivity index (χ1v) is 6.74. The van der Waals surface area contributed by atoms with Crippen LogP contribution in [0.4, 0.5) is 8.78 Å². The summed E-state index contributed by atoms with van der Waals surface area (Å²) >= 11 is 0. The Morgan fingerprint density at radius 3 is 2.67 bits per heavy atom. The number of halogens is 2. The summed E-state index contributed by atoms with van der Waals surface area (Å²) in [6.45, 7) is 1.95. The third-order valence-corrected chi connectivity index (χ3v) is 3.60. The standard InChI is InChI=1S/C17H15F2NO/c1-10-4-2-6-12-9-15(21-17(10)12)14(20)8-11-5-3-7-13(18)16(11)19/h2-7,9,14H,8,20H2,1H3. The predicted molar refractivity (Wildman–Crippen MR) is 77.9 cm³/mol. The maximum Gasteiger partial charge on any atom is 0.162 e.